The smallest absolute Gasteiger partial charge is 0.275 e. The topological polar surface area (TPSA) is 71.1 Å². The van der Waals surface area contributed by atoms with Crippen LogP contribution in [0.1, 0.15) is 34.7 Å². The highest BCUT2D eigenvalue weighted by atomic mass is 35.5. The van der Waals surface area contributed by atoms with Gasteiger partial charge in [-0.2, -0.15) is 0 Å². The number of hydrogen-bond acceptors (Lipinski definition) is 4. The van der Waals surface area contributed by atoms with Crippen molar-refractivity contribution in [3.63, 3.8) is 0 Å². The molecule has 3 rings (SSSR count). The number of benzene rings is 2. The molecule has 1 heterocycles. The molecule has 0 bridgehead atoms. The summed E-state index contributed by atoms with van der Waals surface area (Å²) in [5.74, 6) is -0.638. The Morgan fingerprint density at radius 3 is 2.43 bits per heavy atom. The van der Waals surface area contributed by atoms with Crippen LogP contribution in [0.15, 0.2) is 47.8 Å². The molecule has 0 aliphatic heterocycles. The Kier molecular flexibility index (Phi) is 6.34. The van der Waals surface area contributed by atoms with Gasteiger partial charge in [-0.05, 0) is 44.2 Å². The Balaban J connectivity index is 1.78. The number of aromatic nitrogens is 1. The van der Waals surface area contributed by atoms with E-state index in [1.807, 2.05) is 26.0 Å². The first-order valence-electron chi connectivity index (χ1n) is 8.46. The minimum absolute atomic E-state index is 0.00233. The Bertz CT molecular complexity index is 1020. The summed E-state index contributed by atoms with van der Waals surface area (Å²) in [7, 11) is 0. The van der Waals surface area contributed by atoms with Crippen molar-refractivity contribution < 1.29 is 9.59 Å². The second-order valence-corrected chi connectivity index (χ2v) is 8.02. The maximum atomic E-state index is 12.6. The van der Waals surface area contributed by atoms with Crippen LogP contribution in [0.5, 0.6) is 0 Å². The SMILES string of the molecule is CC(C)NC(=O)c1ccc(Cl)c(NC(=O)c2csc(-c3ccc(Cl)cc3)n2)c1. The Hall–Kier alpha value is -2.41. The van der Waals surface area contributed by atoms with E-state index in [0.717, 1.165) is 5.56 Å². The van der Waals surface area contributed by atoms with Gasteiger partial charge in [-0.3, -0.25) is 9.59 Å². The zero-order valence-electron chi connectivity index (χ0n) is 15.1. The third-order valence-electron chi connectivity index (χ3n) is 3.72. The van der Waals surface area contributed by atoms with E-state index in [9.17, 15) is 9.59 Å². The van der Waals surface area contributed by atoms with Gasteiger partial charge < -0.3 is 10.6 Å². The summed E-state index contributed by atoms with van der Waals surface area (Å²) < 4.78 is 0. The molecular weight excluding hydrogens is 417 g/mol. The average molecular weight is 434 g/mol. The number of thiazole rings is 1. The van der Waals surface area contributed by atoms with Crippen molar-refractivity contribution in [3.8, 4) is 10.6 Å². The standard InChI is InChI=1S/C20H17Cl2N3O2S/c1-11(2)23-18(26)13-5-8-15(22)16(9-13)24-19(27)17-10-28-20(25-17)12-3-6-14(21)7-4-12/h3-11H,1-2H3,(H,23,26)(H,24,27). The van der Waals surface area contributed by atoms with Gasteiger partial charge in [-0.1, -0.05) is 35.3 Å². The summed E-state index contributed by atoms with van der Waals surface area (Å²) >= 11 is 13.4. The maximum Gasteiger partial charge on any atom is 0.275 e. The lowest BCUT2D eigenvalue weighted by Crippen LogP contribution is -2.30. The Morgan fingerprint density at radius 2 is 1.75 bits per heavy atom. The van der Waals surface area contributed by atoms with Crippen molar-refractivity contribution in [2.75, 3.05) is 5.32 Å². The zero-order chi connectivity index (χ0) is 20.3. The maximum absolute atomic E-state index is 12.6. The molecule has 0 aliphatic rings. The fraction of sp³-hybridized carbons (Fsp3) is 0.150. The van der Waals surface area contributed by atoms with Crippen LogP contribution in [-0.2, 0) is 0 Å². The van der Waals surface area contributed by atoms with E-state index in [1.165, 1.54) is 11.3 Å². The van der Waals surface area contributed by atoms with E-state index in [2.05, 4.69) is 15.6 Å². The van der Waals surface area contributed by atoms with Crippen LogP contribution >= 0.6 is 34.5 Å². The van der Waals surface area contributed by atoms with Gasteiger partial charge in [0.05, 0.1) is 10.7 Å². The number of carbonyl (C=O) groups is 2. The Morgan fingerprint density at radius 1 is 1.04 bits per heavy atom. The molecule has 5 nitrogen and oxygen atoms in total. The summed E-state index contributed by atoms with van der Waals surface area (Å²) in [6.45, 7) is 3.74. The number of carbonyl (C=O) groups excluding carboxylic acids is 2. The van der Waals surface area contributed by atoms with Crippen molar-refractivity contribution in [2.45, 2.75) is 19.9 Å². The van der Waals surface area contributed by atoms with Crippen molar-refractivity contribution in [2.24, 2.45) is 0 Å². The molecule has 3 aromatic rings. The predicted molar refractivity (Wildman–Crippen MR) is 115 cm³/mol. The van der Waals surface area contributed by atoms with Crippen molar-refractivity contribution in [3.05, 3.63) is 69.1 Å². The Labute approximate surface area is 176 Å². The molecule has 2 aromatic carbocycles. The first kappa shape index (κ1) is 20.3. The molecule has 0 aliphatic carbocycles. The molecule has 8 heteroatoms. The first-order chi connectivity index (χ1) is 13.3. The normalized spacial score (nSPS) is 10.8. The second-order valence-electron chi connectivity index (χ2n) is 6.32. The molecule has 0 saturated carbocycles. The summed E-state index contributed by atoms with van der Waals surface area (Å²) in [4.78, 5) is 29.1. The molecule has 0 atom stereocenters. The highest BCUT2D eigenvalue weighted by molar-refractivity contribution is 7.13. The van der Waals surface area contributed by atoms with E-state index in [-0.39, 0.29) is 17.6 Å². The third-order valence-corrected chi connectivity index (χ3v) is 5.20. The minimum atomic E-state index is -0.403. The number of anilines is 1. The van der Waals surface area contributed by atoms with E-state index in [1.54, 1.807) is 35.7 Å². The van der Waals surface area contributed by atoms with Gasteiger partial charge >= 0.3 is 0 Å². The number of hydrogen-bond donors (Lipinski definition) is 2. The van der Waals surface area contributed by atoms with Gasteiger partial charge in [0.15, 0.2) is 0 Å². The molecular formula is C20H17Cl2N3O2S. The molecule has 0 unspecified atom stereocenters. The van der Waals surface area contributed by atoms with E-state index < -0.39 is 5.91 Å². The molecule has 144 valence electrons. The average Bonchev–Trinajstić information content (AvgIpc) is 3.13. The fourth-order valence-electron chi connectivity index (χ4n) is 2.40. The largest absolute Gasteiger partial charge is 0.350 e. The summed E-state index contributed by atoms with van der Waals surface area (Å²) in [6.07, 6.45) is 0. The van der Waals surface area contributed by atoms with Crippen LogP contribution in [0.4, 0.5) is 5.69 Å². The highest BCUT2D eigenvalue weighted by Crippen LogP contribution is 2.27. The lowest BCUT2D eigenvalue weighted by atomic mass is 10.1. The van der Waals surface area contributed by atoms with Crippen LogP contribution in [-0.4, -0.2) is 22.8 Å². The monoisotopic (exact) mass is 433 g/mol. The first-order valence-corrected chi connectivity index (χ1v) is 10.1. The zero-order valence-corrected chi connectivity index (χ0v) is 17.5. The summed E-state index contributed by atoms with van der Waals surface area (Å²) in [5.41, 5.74) is 1.90. The summed E-state index contributed by atoms with van der Waals surface area (Å²) in [5, 5.41) is 8.87. The van der Waals surface area contributed by atoms with E-state index in [4.69, 9.17) is 23.2 Å². The predicted octanol–water partition coefficient (Wildman–Crippen LogP) is 5.51. The molecule has 0 fully saturated rings. The molecule has 0 saturated heterocycles. The van der Waals surface area contributed by atoms with E-state index >= 15 is 0 Å². The molecule has 1 aromatic heterocycles. The number of amides is 2. The van der Waals surface area contributed by atoms with Crippen molar-refractivity contribution in [1.29, 1.82) is 0 Å². The number of nitrogens with one attached hydrogen (secondary N) is 2. The van der Waals surface area contributed by atoms with Crippen LogP contribution in [0.2, 0.25) is 10.0 Å². The molecule has 2 N–H and O–H groups in total. The van der Waals surface area contributed by atoms with Crippen LogP contribution in [0.25, 0.3) is 10.6 Å². The van der Waals surface area contributed by atoms with Crippen molar-refractivity contribution >= 4 is 52.0 Å². The van der Waals surface area contributed by atoms with Gasteiger partial charge in [-0.15, -0.1) is 11.3 Å². The van der Waals surface area contributed by atoms with Crippen molar-refractivity contribution in [1.82, 2.24) is 10.3 Å². The van der Waals surface area contributed by atoms with Gasteiger partial charge in [0, 0.05) is 27.6 Å². The van der Waals surface area contributed by atoms with Crippen LogP contribution in [0, 0.1) is 0 Å². The third kappa shape index (κ3) is 4.90. The highest BCUT2D eigenvalue weighted by Gasteiger charge is 2.15. The minimum Gasteiger partial charge on any atom is -0.350 e. The fourth-order valence-corrected chi connectivity index (χ4v) is 3.49. The summed E-state index contributed by atoms with van der Waals surface area (Å²) in [6, 6.07) is 12.0. The molecule has 2 amide bonds. The molecule has 28 heavy (non-hydrogen) atoms. The van der Waals surface area contributed by atoms with Crippen LogP contribution < -0.4 is 10.6 Å². The van der Waals surface area contributed by atoms with Gasteiger partial charge in [0.2, 0.25) is 0 Å². The number of halogens is 2. The van der Waals surface area contributed by atoms with Gasteiger partial charge in [-0.25, -0.2) is 4.98 Å². The van der Waals surface area contributed by atoms with Crippen LogP contribution in [0.3, 0.4) is 0 Å². The van der Waals surface area contributed by atoms with Gasteiger partial charge in [0.25, 0.3) is 11.8 Å². The molecule has 0 radical (unpaired) electrons. The van der Waals surface area contributed by atoms with Gasteiger partial charge in [0.1, 0.15) is 10.7 Å². The number of nitrogens with zero attached hydrogens (tertiary/aromatic N) is 1. The lowest BCUT2D eigenvalue weighted by Gasteiger charge is -2.11. The quantitative estimate of drug-likeness (QED) is 0.557. The van der Waals surface area contributed by atoms with E-state index in [0.29, 0.717) is 26.3 Å². The molecule has 0 spiro atoms. The number of rotatable bonds is 5. The lowest BCUT2D eigenvalue weighted by molar-refractivity contribution is 0.0941. The second kappa shape index (κ2) is 8.73.